The Labute approximate surface area is 208 Å². The van der Waals surface area contributed by atoms with E-state index < -0.39 is 23.1 Å². The first kappa shape index (κ1) is 32.9. The third kappa shape index (κ3) is 13.1. The Balaban J connectivity index is 4.39. The highest BCUT2D eigenvalue weighted by Gasteiger charge is 2.59. The average Bonchev–Trinajstić information content (AvgIpc) is 2.80. The highest BCUT2D eigenvalue weighted by atomic mass is 16.5. The molecule has 4 N–H and O–H groups in total. The third-order valence-corrected chi connectivity index (χ3v) is 7.18. The molecule has 34 heavy (non-hydrogen) atoms. The lowest BCUT2D eigenvalue weighted by Crippen LogP contribution is -2.63. The van der Waals surface area contributed by atoms with Crippen molar-refractivity contribution in [2.75, 3.05) is 0 Å². The number of unbranched alkanes of at least 4 members (excludes halogenated alkanes) is 18. The predicted molar refractivity (Wildman–Crippen MR) is 138 cm³/mol. The Bertz CT molecular complexity index is 477. The summed E-state index contributed by atoms with van der Waals surface area (Å²) >= 11 is 0. The molecule has 0 bridgehead atoms. The number of aliphatic carboxylic acids is 2. The number of hydrogen-bond acceptors (Lipinski definition) is 4. The van der Waals surface area contributed by atoms with E-state index in [4.69, 9.17) is 0 Å². The minimum absolute atomic E-state index is 0.251. The lowest BCUT2D eigenvalue weighted by molar-refractivity contribution is -0.210. The minimum Gasteiger partial charge on any atom is -0.479 e. The second-order valence-electron chi connectivity index (χ2n) is 10.2. The van der Waals surface area contributed by atoms with Gasteiger partial charge < -0.3 is 20.4 Å². The number of carbonyl (C=O) groups is 2. The first-order chi connectivity index (χ1) is 16.3. The lowest BCUT2D eigenvalue weighted by Gasteiger charge is -2.37. The van der Waals surface area contributed by atoms with Gasteiger partial charge in [-0.25, -0.2) is 9.59 Å². The van der Waals surface area contributed by atoms with Crippen molar-refractivity contribution in [1.29, 1.82) is 0 Å². The number of hydrogen-bond donors (Lipinski definition) is 4. The Morgan fingerprint density at radius 1 is 0.441 bits per heavy atom. The van der Waals surface area contributed by atoms with Crippen LogP contribution in [0.3, 0.4) is 0 Å². The number of rotatable bonds is 25. The van der Waals surface area contributed by atoms with Gasteiger partial charge in [0.15, 0.2) is 0 Å². The molecular weight excluding hydrogens is 432 g/mol. The van der Waals surface area contributed by atoms with Gasteiger partial charge in [0.2, 0.25) is 11.2 Å². The molecule has 0 heterocycles. The zero-order valence-electron chi connectivity index (χ0n) is 22.2. The van der Waals surface area contributed by atoms with Crippen LogP contribution in [0.15, 0.2) is 0 Å². The van der Waals surface area contributed by atoms with Crippen LogP contribution in [0.25, 0.3) is 0 Å². The molecule has 0 aromatic rings. The van der Waals surface area contributed by atoms with Crippen LogP contribution in [-0.2, 0) is 9.59 Å². The maximum absolute atomic E-state index is 11.9. The maximum atomic E-state index is 11.9. The number of carboxylic acids is 2. The van der Waals surface area contributed by atoms with Crippen LogP contribution in [0.2, 0.25) is 0 Å². The van der Waals surface area contributed by atoms with Crippen molar-refractivity contribution in [3.8, 4) is 0 Å². The van der Waals surface area contributed by atoms with Crippen molar-refractivity contribution in [2.45, 2.75) is 166 Å². The first-order valence-electron chi connectivity index (χ1n) is 14.2. The fraction of sp³-hybridized carbons (Fsp3) is 0.929. The van der Waals surface area contributed by atoms with Crippen LogP contribution in [0.5, 0.6) is 0 Å². The molecule has 0 aliphatic rings. The normalized spacial score (nSPS) is 15.1. The van der Waals surface area contributed by atoms with E-state index in [1.165, 1.54) is 64.2 Å². The molecule has 0 aromatic carbocycles. The van der Waals surface area contributed by atoms with Gasteiger partial charge in [0.05, 0.1) is 0 Å². The van der Waals surface area contributed by atoms with Gasteiger partial charge in [-0.15, -0.1) is 0 Å². The van der Waals surface area contributed by atoms with Gasteiger partial charge in [0.1, 0.15) is 0 Å². The topological polar surface area (TPSA) is 115 Å². The van der Waals surface area contributed by atoms with E-state index >= 15 is 0 Å². The van der Waals surface area contributed by atoms with Crippen molar-refractivity contribution in [3.05, 3.63) is 0 Å². The predicted octanol–water partition coefficient (Wildman–Crippen LogP) is 7.24. The molecular formula is C28H54O6. The molecule has 2 unspecified atom stereocenters. The van der Waals surface area contributed by atoms with E-state index in [0.29, 0.717) is 12.8 Å². The quantitative estimate of drug-likeness (QED) is 0.101. The van der Waals surface area contributed by atoms with E-state index in [1.807, 2.05) is 0 Å². The summed E-state index contributed by atoms with van der Waals surface area (Å²) in [6.07, 6.45) is 20.4. The summed E-state index contributed by atoms with van der Waals surface area (Å²) in [5.74, 6) is -3.30. The van der Waals surface area contributed by atoms with Gasteiger partial charge in [-0.2, -0.15) is 0 Å². The van der Waals surface area contributed by atoms with Crippen molar-refractivity contribution in [1.82, 2.24) is 0 Å². The molecule has 0 aliphatic heterocycles. The minimum atomic E-state index is -2.67. The zero-order chi connectivity index (χ0) is 25.7. The van der Waals surface area contributed by atoms with E-state index in [0.717, 1.165) is 51.4 Å². The highest BCUT2D eigenvalue weighted by Crippen LogP contribution is 2.34. The molecule has 0 amide bonds. The van der Waals surface area contributed by atoms with Crippen LogP contribution in [0.1, 0.15) is 155 Å². The summed E-state index contributed by atoms with van der Waals surface area (Å²) in [5.41, 5.74) is -5.34. The fourth-order valence-electron chi connectivity index (χ4n) is 4.72. The molecule has 0 spiro atoms. The number of aliphatic hydroxyl groups is 2. The maximum Gasteiger partial charge on any atom is 0.339 e. The molecule has 0 fully saturated rings. The second kappa shape index (κ2) is 20.1. The Morgan fingerprint density at radius 3 is 0.853 bits per heavy atom. The summed E-state index contributed by atoms with van der Waals surface area (Å²) in [6, 6.07) is 0. The summed E-state index contributed by atoms with van der Waals surface area (Å²) in [7, 11) is 0. The SMILES string of the molecule is CCCCCCCCCCCCC(O)(C(=O)O)C(O)(CCCCCCCCCCCC)C(=O)O. The highest BCUT2D eigenvalue weighted by molar-refractivity contribution is 5.90. The lowest BCUT2D eigenvalue weighted by atomic mass is 9.75. The molecule has 0 rings (SSSR count). The fourth-order valence-corrected chi connectivity index (χ4v) is 4.72. The molecule has 0 saturated heterocycles. The summed E-state index contributed by atoms with van der Waals surface area (Å²) in [4.78, 5) is 23.7. The Hall–Kier alpha value is -1.14. The molecule has 0 saturated carbocycles. The smallest absolute Gasteiger partial charge is 0.339 e. The third-order valence-electron chi connectivity index (χ3n) is 7.18. The van der Waals surface area contributed by atoms with Gasteiger partial charge >= 0.3 is 11.9 Å². The Morgan fingerprint density at radius 2 is 0.647 bits per heavy atom. The Kier molecular flexibility index (Phi) is 19.4. The van der Waals surface area contributed by atoms with Crippen molar-refractivity contribution >= 4 is 11.9 Å². The van der Waals surface area contributed by atoms with Gasteiger partial charge in [-0.05, 0) is 25.7 Å². The van der Waals surface area contributed by atoms with E-state index in [-0.39, 0.29) is 12.8 Å². The van der Waals surface area contributed by atoms with Crippen LogP contribution in [0, 0.1) is 0 Å². The average molecular weight is 487 g/mol. The van der Waals surface area contributed by atoms with Crippen molar-refractivity contribution in [2.24, 2.45) is 0 Å². The van der Waals surface area contributed by atoms with Crippen LogP contribution >= 0.6 is 0 Å². The second-order valence-corrected chi connectivity index (χ2v) is 10.2. The van der Waals surface area contributed by atoms with Gasteiger partial charge in [-0.3, -0.25) is 0 Å². The summed E-state index contributed by atoms with van der Waals surface area (Å²) in [5, 5.41) is 40.9. The van der Waals surface area contributed by atoms with E-state index in [9.17, 15) is 30.0 Å². The molecule has 6 nitrogen and oxygen atoms in total. The zero-order valence-corrected chi connectivity index (χ0v) is 22.2. The molecule has 0 radical (unpaired) electrons. The van der Waals surface area contributed by atoms with Crippen LogP contribution < -0.4 is 0 Å². The number of carboxylic acid groups (broad SMARTS) is 2. The monoisotopic (exact) mass is 486 g/mol. The van der Waals surface area contributed by atoms with Crippen molar-refractivity contribution < 1.29 is 30.0 Å². The van der Waals surface area contributed by atoms with Crippen LogP contribution in [0.4, 0.5) is 0 Å². The molecule has 6 heteroatoms. The molecule has 0 aromatic heterocycles. The summed E-state index contributed by atoms with van der Waals surface area (Å²) < 4.78 is 0. The summed E-state index contributed by atoms with van der Waals surface area (Å²) in [6.45, 7) is 4.39. The molecule has 0 aliphatic carbocycles. The van der Waals surface area contributed by atoms with Crippen LogP contribution in [-0.4, -0.2) is 43.6 Å². The molecule has 2 atom stereocenters. The first-order valence-corrected chi connectivity index (χ1v) is 14.2. The van der Waals surface area contributed by atoms with E-state index in [1.54, 1.807) is 0 Å². The largest absolute Gasteiger partial charge is 0.479 e. The van der Waals surface area contributed by atoms with Gasteiger partial charge in [-0.1, -0.05) is 129 Å². The standard InChI is InChI=1S/C28H54O6/c1-3-5-7-9-11-13-15-17-19-21-23-27(33,25(29)30)28(34,26(31)32)24-22-20-18-16-14-12-10-8-6-4-2/h33-34H,3-24H2,1-2H3,(H,29,30)(H,31,32). The van der Waals surface area contributed by atoms with Gasteiger partial charge in [0, 0.05) is 0 Å². The van der Waals surface area contributed by atoms with E-state index in [2.05, 4.69) is 13.8 Å². The van der Waals surface area contributed by atoms with Gasteiger partial charge in [0.25, 0.3) is 0 Å². The van der Waals surface area contributed by atoms with Crippen molar-refractivity contribution in [3.63, 3.8) is 0 Å². The molecule has 202 valence electrons.